The number of tetrazole rings is 1. The number of hydrogen-bond acceptors (Lipinski definition) is 6. The van der Waals surface area contributed by atoms with Gasteiger partial charge < -0.3 is 5.32 Å². The second kappa shape index (κ2) is 9.12. The van der Waals surface area contributed by atoms with Gasteiger partial charge in [-0.05, 0) is 40.8 Å². The molecule has 1 fully saturated rings. The molecule has 8 heteroatoms. The molecular formula is C18H26N6OS. The van der Waals surface area contributed by atoms with Crippen LogP contribution in [0.15, 0.2) is 29.7 Å². The molecular weight excluding hydrogens is 348 g/mol. The molecule has 140 valence electrons. The van der Waals surface area contributed by atoms with Crippen molar-refractivity contribution in [3.8, 4) is 0 Å². The zero-order valence-electron chi connectivity index (χ0n) is 15.3. The number of rotatable bonds is 7. The van der Waals surface area contributed by atoms with Crippen molar-refractivity contribution < 1.29 is 4.79 Å². The van der Waals surface area contributed by atoms with Gasteiger partial charge in [0.15, 0.2) is 0 Å². The van der Waals surface area contributed by atoms with E-state index >= 15 is 0 Å². The fourth-order valence-corrected chi connectivity index (χ4v) is 4.28. The molecule has 0 aliphatic heterocycles. The first-order chi connectivity index (χ1) is 12.6. The lowest BCUT2D eigenvalue weighted by Crippen LogP contribution is -2.35. The van der Waals surface area contributed by atoms with E-state index in [9.17, 15) is 4.79 Å². The third kappa shape index (κ3) is 4.81. The monoisotopic (exact) mass is 374 g/mol. The van der Waals surface area contributed by atoms with Crippen LogP contribution in [0.25, 0.3) is 0 Å². The first-order valence-electron chi connectivity index (χ1n) is 9.26. The van der Waals surface area contributed by atoms with Gasteiger partial charge in [-0.25, -0.2) is 4.68 Å². The first kappa shape index (κ1) is 18.8. The highest BCUT2D eigenvalue weighted by atomic mass is 32.2. The highest BCUT2D eigenvalue weighted by Gasteiger charge is 2.28. The molecule has 1 saturated carbocycles. The van der Waals surface area contributed by atoms with E-state index in [1.165, 1.54) is 31.0 Å². The first-order valence-corrected chi connectivity index (χ1v) is 10.1. The predicted molar refractivity (Wildman–Crippen MR) is 101 cm³/mol. The lowest BCUT2D eigenvalue weighted by Gasteiger charge is -2.24. The summed E-state index contributed by atoms with van der Waals surface area (Å²) in [4.78, 5) is 16.8. The summed E-state index contributed by atoms with van der Waals surface area (Å²) in [6, 6.07) is 4.18. The average Bonchev–Trinajstić information content (AvgIpc) is 3.14. The van der Waals surface area contributed by atoms with E-state index in [0.717, 1.165) is 23.6 Å². The number of nitrogens with zero attached hydrogens (tertiary/aromatic N) is 5. The molecule has 0 aromatic carbocycles. The van der Waals surface area contributed by atoms with Crippen LogP contribution in [0.3, 0.4) is 0 Å². The number of thioether (sulfide) groups is 1. The van der Waals surface area contributed by atoms with Crippen molar-refractivity contribution in [2.24, 2.45) is 5.92 Å². The zero-order valence-corrected chi connectivity index (χ0v) is 16.2. The Morgan fingerprint density at radius 3 is 2.85 bits per heavy atom. The van der Waals surface area contributed by atoms with Crippen molar-refractivity contribution in [3.63, 3.8) is 0 Å². The largest absolute Gasteiger partial charge is 0.351 e. The Bertz CT molecular complexity index is 699. The van der Waals surface area contributed by atoms with Gasteiger partial charge in [0.1, 0.15) is 0 Å². The van der Waals surface area contributed by atoms with Crippen LogP contribution in [0.1, 0.15) is 57.6 Å². The fourth-order valence-electron chi connectivity index (χ4n) is 3.22. The van der Waals surface area contributed by atoms with Gasteiger partial charge >= 0.3 is 0 Å². The van der Waals surface area contributed by atoms with Crippen molar-refractivity contribution in [3.05, 3.63) is 30.1 Å². The zero-order chi connectivity index (χ0) is 18.4. The Morgan fingerprint density at radius 2 is 2.15 bits per heavy atom. The minimum absolute atomic E-state index is 0.00653. The highest BCUT2D eigenvalue weighted by Crippen LogP contribution is 2.33. The normalized spacial score (nSPS) is 16.6. The van der Waals surface area contributed by atoms with Crippen LogP contribution in [-0.2, 0) is 11.3 Å². The number of carbonyl (C=O) groups is 1. The summed E-state index contributed by atoms with van der Waals surface area (Å²) in [7, 11) is 0. The standard InChI is InChI=1S/C18H26N6OS/c1-13(2)16(17(25)20-12-14-7-6-10-19-11-14)26-18-21-22-23-24(18)15-8-4-3-5-9-15/h6-7,10-11,13,15-16H,3-5,8-9,12H2,1-2H3,(H,20,25). The molecule has 3 rings (SSSR count). The van der Waals surface area contributed by atoms with Gasteiger partial charge in [-0.15, -0.1) is 5.10 Å². The van der Waals surface area contributed by atoms with E-state index in [1.54, 1.807) is 12.4 Å². The summed E-state index contributed by atoms with van der Waals surface area (Å²) in [6.07, 6.45) is 9.43. The molecule has 26 heavy (non-hydrogen) atoms. The van der Waals surface area contributed by atoms with Crippen molar-refractivity contribution in [1.29, 1.82) is 0 Å². The van der Waals surface area contributed by atoms with Crippen LogP contribution in [0.2, 0.25) is 0 Å². The maximum absolute atomic E-state index is 12.7. The molecule has 1 N–H and O–H groups in total. The summed E-state index contributed by atoms with van der Waals surface area (Å²) >= 11 is 1.47. The SMILES string of the molecule is CC(C)C(Sc1nnnn1C1CCCCC1)C(=O)NCc1cccnc1. The van der Waals surface area contributed by atoms with Crippen molar-refractivity contribution in [2.75, 3.05) is 0 Å². The lowest BCUT2D eigenvalue weighted by atomic mass is 9.96. The third-order valence-electron chi connectivity index (χ3n) is 4.67. The van der Waals surface area contributed by atoms with Crippen LogP contribution < -0.4 is 5.32 Å². The number of aromatic nitrogens is 5. The summed E-state index contributed by atoms with van der Waals surface area (Å²) in [6.45, 7) is 4.58. The van der Waals surface area contributed by atoms with Gasteiger partial charge in [0, 0.05) is 18.9 Å². The van der Waals surface area contributed by atoms with E-state index in [0.29, 0.717) is 12.6 Å². The summed E-state index contributed by atoms with van der Waals surface area (Å²) in [5.41, 5.74) is 0.986. The van der Waals surface area contributed by atoms with Gasteiger partial charge in [0.05, 0.1) is 11.3 Å². The maximum Gasteiger partial charge on any atom is 0.234 e. The molecule has 0 bridgehead atoms. The lowest BCUT2D eigenvalue weighted by molar-refractivity contribution is -0.121. The smallest absolute Gasteiger partial charge is 0.234 e. The number of pyridine rings is 1. The number of hydrogen-bond donors (Lipinski definition) is 1. The van der Waals surface area contributed by atoms with Crippen LogP contribution in [-0.4, -0.2) is 36.3 Å². The molecule has 1 aliphatic carbocycles. The van der Waals surface area contributed by atoms with Crippen LogP contribution in [0.4, 0.5) is 0 Å². The van der Waals surface area contributed by atoms with Gasteiger partial charge in [-0.1, -0.05) is 50.9 Å². The molecule has 7 nitrogen and oxygen atoms in total. The van der Waals surface area contributed by atoms with Gasteiger partial charge in [-0.3, -0.25) is 9.78 Å². The highest BCUT2D eigenvalue weighted by molar-refractivity contribution is 8.00. The molecule has 2 aromatic rings. The predicted octanol–water partition coefficient (Wildman–Crippen LogP) is 3.01. The Kier molecular flexibility index (Phi) is 6.60. The van der Waals surface area contributed by atoms with Crippen molar-refractivity contribution in [1.82, 2.24) is 30.5 Å². The van der Waals surface area contributed by atoms with E-state index in [4.69, 9.17) is 0 Å². The average molecular weight is 375 g/mol. The second-order valence-electron chi connectivity index (χ2n) is 7.06. The number of nitrogens with one attached hydrogen (secondary N) is 1. The molecule has 1 atom stereocenters. The summed E-state index contributed by atoms with van der Waals surface area (Å²) in [5, 5.41) is 15.8. The number of amides is 1. The Morgan fingerprint density at radius 1 is 1.35 bits per heavy atom. The quantitative estimate of drug-likeness (QED) is 0.750. The van der Waals surface area contributed by atoms with E-state index in [1.807, 2.05) is 16.8 Å². The molecule has 2 heterocycles. The molecule has 2 aromatic heterocycles. The molecule has 1 aliphatic rings. The third-order valence-corrected chi connectivity index (χ3v) is 6.16. The van der Waals surface area contributed by atoms with E-state index in [-0.39, 0.29) is 17.1 Å². The second-order valence-corrected chi connectivity index (χ2v) is 8.17. The molecule has 1 unspecified atom stereocenters. The fraction of sp³-hybridized carbons (Fsp3) is 0.611. The van der Waals surface area contributed by atoms with E-state index in [2.05, 4.69) is 39.7 Å². The minimum atomic E-state index is -0.236. The van der Waals surface area contributed by atoms with Gasteiger partial charge in [0.25, 0.3) is 0 Å². The van der Waals surface area contributed by atoms with Crippen LogP contribution in [0.5, 0.6) is 0 Å². The molecule has 1 amide bonds. The van der Waals surface area contributed by atoms with Gasteiger partial charge in [0.2, 0.25) is 11.1 Å². The van der Waals surface area contributed by atoms with Gasteiger partial charge in [-0.2, -0.15) is 0 Å². The summed E-state index contributed by atoms with van der Waals surface area (Å²) in [5.74, 6) is 0.178. The van der Waals surface area contributed by atoms with Crippen molar-refractivity contribution in [2.45, 2.75) is 68.9 Å². The Balaban J connectivity index is 1.65. The maximum atomic E-state index is 12.7. The Labute approximate surface area is 158 Å². The molecule has 0 spiro atoms. The Hall–Kier alpha value is -1.96. The minimum Gasteiger partial charge on any atom is -0.351 e. The molecule has 0 radical (unpaired) electrons. The van der Waals surface area contributed by atoms with E-state index < -0.39 is 0 Å². The summed E-state index contributed by atoms with van der Waals surface area (Å²) < 4.78 is 1.92. The topological polar surface area (TPSA) is 85.6 Å². The van der Waals surface area contributed by atoms with Crippen LogP contribution >= 0.6 is 11.8 Å². The van der Waals surface area contributed by atoms with Crippen LogP contribution in [0, 0.1) is 5.92 Å². The number of carbonyl (C=O) groups excluding carboxylic acids is 1. The molecule has 0 saturated heterocycles. The van der Waals surface area contributed by atoms with Crippen molar-refractivity contribution >= 4 is 17.7 Å².